The summed E-state index contributed by atoms with van der Waals surface area (Å²) in [6.45, 7) is 4.53. The van der Waals surface area contributed by atoms with Crippen LogP contribution in [0, 0.1) is 0 Å². The molecular formula is C11H15NO2. The van der Waals surface area contributed by atoms with E-state index in [9.17, 15) is 4.79 Å². The van der Waals surface area contributed by atoms with E-state index in [2.05, 4.69) is 4.98 Å². The molecule has 1 aromatic heterocycles. The van der Waals surface area contributed by atoms with Crippen molar-refractivity contribution >= 4 is 5.78 Å². The fourth-order valence-corrected chi connectivity index (χ4v) is 1.04. The molecule has 1 aromatic rings. The lowest BCUT2D eigenvalue weighted by molar-refractivity contribution is 0.0987. The first kappa shape index (κ1) is 10.7. The molecule has 0 atom stereocenters. The molecule has 1 heterocycles. The number of ether oxygens (including phenoxy) is 1. The van der Waals surface area contributed by atoms with Crippen molar-refractivity contribution in [3.05, 3.63) is 23.9 Å². The van der Waals surface area contributed by atoms with Crippen molar-refractivity contribution in [2.75, 3.05) is 6.61 Å². The number of carbonyl (C=O) groups excluding carboxylic acids is 1. The van der Waals surface area contributed by atoms with Crippen molar-refractivity contribution in [2.45, 2.75) is 26.7 Å². The number of nitrogens with zero attached hydrogens (tertiary/aromatic N) is 1. The molecule has 14 heavy (non-hydrogen) atoms. The van der Waals surface area contributed by atoms with E-state index >= 15 is 0 Å². The molecule has 3 nitrogen and oxygen atoms in total. The van der Waals surface area contributed by atoms with Crippen molar-refractivity contribution in [1.29, 1.82) is 0 Å². The Labute approximate surface area is 84.1 Å². The highest BCUT2D eigenvalue weighted by Gasteiger charge is 2.03. The van der Waals surface area contributed by atoms with Gasteiger partial charge in [0.2, 0.25) is 5.88 Å². The molecule has 0 aliphatic heterocycles. The minimum absolute atomic E-state index is 0.111. The van der Waals surface area contributed by atoms with Crippen LogP contribution in [0.5, 0.6) is 5.88 Å². The summed E-state index contributed by atoms with van der Waals surface area (Å²) in [7, 11) is 0. The van der Waals surface area contributed by atoms with Crippen molar-refractivity contribution in [1.82, 2.24) is 4.98 Å². The average molecular weight is 193 g/mol. The molecule has 0 spiro atoms. The number of hydrogen-bond donors (Lipinski definition) is 0. The van der Waals surface area contributed by atoms with Gasteiger partial charge in [0.1, 0.15) is 0 Å². The summed E-state index contributed by atoms with van der Waals surface area (Å²) < 4.78 is 5.30. The summed E-state index contributed by atoms with van der Waals surface area (Å²) in [5, 5.41) is 0. The van der Waals surface area contributed by atoms with Crippen molar-refractivity contribution < 1.29 is 9.53 Å². The molecule has 0 unspecified atom stereocenters. The number of hydrogen-bond acceptors (Lipinski definition) is 3. The van der Waals surface area contributed by atoms with E-state index in [1.54, 1.807) is 18.3 Å². The molecule has 0 fully saturated rings. The molecule has 0 aromatic carbocycles. The van der Waals surface area contributed by atoms with Crippen LogP contribution in [0.25, 0.3) is 0 Å². The standard InChI is InChI=1S/C11H15NO2/c1-3-7-14-11-6-5-9(8-12-11)10(13)4-2/h5-6,8H,3-4,7H2,1-2H3. The third-order valence-corrected chi connectivity index (χ3v) is 1.83. The molecule has 0 aliphatic carbocycles. The Hall–Kier alpha value is -1.38. The summed E-state index contributed by atoms with van der Waals surface area (Å²) in [6.07, 6.45) is 3.03. The molecule has 0 bridgehead atoms. The van der Waals surface area contributed by atoms with Crippen LogP contribution in [-0.2, 0) is 0 Å². The van der Waals surface area contributed by atoms with Gasteiger partial charge in [0.05, 0.1) is 6.61 Å². The molecule has 1 rings (SSSR count). The van der Waals surface area contributed by atoms with Crippen molar-refractivity contribution in [3.63, 3.8) is 0 Å². The Bertz CT molecular complexity index is 293. The zero-order chi connectivity index (χ0) is 10.4. The van der Waals surface area contributed by atoms with Crippen LogP contribution in [0.2, 0.25) is 0 Å². The molecule has 0 amide bonds. The predicted octanol–water partition coefficient (Wildman–Crippen LogP) is 2.46. The third kappa shape index (κ3) is 2.83. The maximum absolute atomic E-state index is 11.3. The highest BCUT2D eigenvalue weighted by Crippen LogP contribution is 2.09. The van der Waals surface area contributed by atoms with Gasteiger partial charge in [-0.15, -0.1) is 0 Å². The van der Waals surface area contributed by atoms with E-state index in [1.165, 1.54) is 0 Å². The van der Waals surface area contributed by atoms with Crippen LogP contribution in [0.1, 0.15) is 37.0 Å². The fourth-order valence-electron chi connectivity index (χ4n) is 1.04. The fraction of sp³-hybridized carbons (Fsp3) is 0.455. The van der Waals surface area contributed by atoms with Crippen molar-refractivity contribution in [3.8, 4) is 5.88 Å². The van der Waals surface area contributed by atoms with E-state index in [4.69, 9.17) is 4.74 Å². The third-order valence-electron chi connectivity index (χ3n) is 1.83. The van der Waals surface area contributed by atoms with Gasteiger partial charge in [-0.1, -0.05) is 13.8 Å². The van der Waals surface area contributed by atoms with Crippen LogP contribution in [0.4, 0.5) is 0 Å². The monoisotopic (exact) mass is 193 g/mol. The lowest BCUT2D eigenvalue weighted by atomic mass is 10.1. The average Bonchev–Trinajstić information content (AvgIpc) is 2.26. The number of ketones is 1. The summed E-state index contributed by atoms with van der Waals surface area (Å²) in [6, 6.07) is 3.49. The zero-order valence-corrected chi connectivity index (χ0v) is 8.62. The Morgan fingerprint density at radius 1 is 1.43 bits per heavy atom. The topological polar surface area (TPSA) is 39.2 Å². The minimum Gasteiger partial charge on any atom is -0.478 e. The number of carbonyl (C=O) groups is 1. The Morgan fingerprint density at radius 3 is 2.71 bits per heavy atom. The second kappa shape index (κ2) is 5.37. The molecule has 3 heteroatoms. The molecule has 0 N–H and O–H groups in total. The van der Waals surface area contributed by atoms with Gasteiger partial charge in [-0.2, -0.15) is 0 Å². The Balaban J connectivity index is 2.63. The van der Waals surface area contributed by atoms with Crippen LogP contribution in [0.15, 0.2) is 18.3 Å². The van der Waals surface area contributed by atoms with Crippen LogP contribution in [0.3, 0.4) is 0 Å². The molecule has 0 radical (unpaired) electrons. The molecule has 76 valence electrons. The largest absolute Gasteiger partial charge is 0.478 e. The van der Waals surface area contributed by atoms with Gasteiger partial charge in [0.15, 0.2) is 5.78 Å². The number of Topliss-reactive ketones (excluding diaryl/α,β-unsaturated/α-hetero) is 1. The summed E-state index contributed by atoms with van der Waals surface area (Å²) in [4.78, 5) is 15.3. The number of pyridine rings is 1. The molecule has 0 saturated carbocycles. The molecule has 0 aliphatic rings. The van der Waals surface area contributed by atoms with E-state index in [-0.39, 0.29) is 5.78 Å². The zero-order valence-electron chi connectivity index (χ0n) is 8.62. The van der Waals surface area contributed by atoms with Gasteiger partial charge >= 0.3 is 0 Å². The summed E-state index contributed by atoms with van der Waals surface area (Å²) >= 11 is 0. The lowest BCUT2D eigenvalue weighted by Gasteiger charge is -2.03. The van der Waals surface area contributed by atoms with Gasteiger partial charge in [0.25, 0.3) is 0 Å². The summed E-state index contributed by atoms with van der Waals surface area (Å²) in [5.41, 5.74) is 0.649. The van der Waals surface area contributed by atoms with Gasteiger partial charge in [-0.05, 0) is 12.5 Å². The second-order valence-electron chi connectivity index (χ2n) is 3.01. The number of aromatic nitrogens is 1. The molecular weight excluding hydrogens is 178 g/mol. The van der Waals surface area contributed by atoms with Gasteiger partial charge < -0.3 is 4.74 Å². The maximum Gasteiger partial charge on any atom is 0.213 e. The first-order chi connectivity index (χ1) is 6.77. The van der Waals surface area contributed by atoms with Crippen LogP contribution in [-0.4, -0.2) is 17.4 Å². The van der Waals surface area contributed by atoms with Gasteiger partial charge in [0, 0.05) is 24.2 Å². The first-order valence-corrected chi connectivity index (χ1v) is 4.90. The Morgan fingerprint density at radius 2 is 2.21 bits per heavy atom. The normalized spacial score (nSPS) is 9.86. The van der Waals surface area contributed by atoms with Crippen LogP contribution >= 0.6 is 0 Å². The Kier molecular flexibility index (Phi) is 4.11. The van der Waals surface area contributed by atoms with Gasteiger partial charge in [-0.3, -0.25) is 4.79 Å². The van der Waals surface area contributed by atoms with Crippen molar-refractivity contribution in [2.24, 2.45) is 0 Å². The smallest absolute Gasteiger partial charge is 0.213 e. The predicted molar refractivity (Wildman–Crippen MR) is 54.6 cm³/mol. The highest BCUT2D eigenvalue weighted by atomic mass is 16.5. The van der Waals surface area contributed by atoms with E-state index < -0.39 is 0 Å². The molecule has 0 saturated heterocycles. The lowest BCUT2D eigenvalue weighted by Crippen LogP contribution is -2.00. The van der Waals surface area contributed by atoms with Gasteiger partial charge in [-0.25, -0.2) is 4.98 Å². The quantitative estimate of drug-likeness (QED) is 0.674. The number of rotatable bonds is 5. The SMILES string of the molecule is CCCOc1ccc(C(=O)CC)cn1. The maximum atomic E-state index is 11.3. The highest BCUT2D eigenvalue weighted by molar-refractivity contribution is 5.95. The summed E-state index contributed by atoms with van der Waals surface area (Å²) in [5.74, 6) is 0.694. The minimum atomic E-state index is 0.111. The second-order valence-corrected chi connectivity index (χ2v) is 3.01. The van der Waals surface area contributed by atoms with E-state index in [0.717, 1.165) is 6.42 Å². The van der Waals surface area contributed by atoms with E-state index in [1.807, 2.05) is 13.8 Å². The van der Waals surface area contributed by atoms with Crippen LogP contribution < -0.4 is 4.74 Å². The van der Waals surface area contributed by atoms with E-state index in [0.29, 0.717) is 24.5 Å². The first-order valence-electron chi connectivity index (χ1n) is 4.90.